The zero-order valence-corrected chi connectivity index (χ0v) is 15.9. The number of pyridine rings is 1. The lowest BCUT2D eigenvalue weighted by atomic mass is 10.0. The Bertz CT molecular complexity index is 948. The van der Waals surface area contributed by atoms with Crippen molar-refractivity contribution >= 4 is 33.3 Å². The number of amides is 1. The highest BCUT2D eigenvalue weighted by atomic mass is 79.9. The Hall–Kier alpha value is -2.66. The molecule has 11 heteroatoms. The lowest BCUT2D eigenvalue weighted by molar-refractivity contribution is -0.137. The zero-order chi connectivity index (χ0) is 20.7. The minimum Gasteiger partial charge on any atom is -0.384 e. The molecule has 6 nitrogen and oxygen atoms in total. The van der Waals surface area contributed by atoms with Crippen molar-refractivity contribution in [3.05, 3.63) is 64.3 Å². The summed E-state index contributed by atoms with van der Waals surface area (Å²) in [5, 5.41) is 3.76. The Morgan fingerprint density at radius 2 is 2.04 bits per heavy atom. The molecule has 1 aliphatic heterocycles. The van der Waals surface area contributed by atoms with Crippen molar-refractivity contribution in [1.82, 2.24) is 10.4 Å². The molecule has 3 rings (SSSR count). The number of hydrogen-bond donors (Lipinski definition) is 3. The molecule has 1 atom stereocenters. The second-order valence-electron chi connectivity index (χ2n) is 6.18. The molecule has 0 spiro atoms. The van der Waals surface area contributed by atoms with Gasteiger partial charge in [-0.15, -0.1) is 0 Å². The van der Waals surface area contributed by atoms with E-state index in [-0.39, 0.29) is 16.1 Å². The van der Waals surface area contributed by atoms with Crippen molar-refractivity contribution in [3.63, 3.8) is 0 Å². The first-order valence-electron chi connectivity index (χ1n) is 7.86. The number of carbonyl (C=O) groups is 1. The van der Waals surface area contributed by atoms with Gasteiger partial charge < -0.3 is 11.1 Å². The number of nitrogens with two attached hydrogens (primary N) is 1. The fourth-order valence-corrected chi connectivity index (χ4v) is 2.99. The minimum atomic E-state index is -4.52. The van der Waals surface area contributed by atoms with Gasteiger partial charge in [0.05, 0.1) is 15.7 Å². The predicted octanol–water partition coefficient (Wildman–Crippen LogP) is 3.52. The maximum absolute atomic E-state index is 13.8. The predicted molar refractivity (Wildman–Crippen MR) is 98.3 cm³/mol. The second-order valence-corrected chi connectivity index (χ2v) is 6.97. The molecule has 2 heterocycles. The number of carbonyl (C=O) groups excluding carboxylic acids is 1. The van der Waals surface area contributed by atoms with Crippen LogP contribution < -0.4 is 21.5 Å². The van der Waals surface area contributed by atoms with Gasteiger partial charge in [0.25, 0.3) is 5.91 Å². The first-order valence-corrected chi connectivity index (χ1v) is 8.65. The van der Waals surface area contributed by atoms with Gasteiger partial charge in [0.1, 0.15) is 23.0 Å². The van der Waals surface area contributed by atoms with E-state index < -0.39 is 29.0 Å². The third-order valence-corrected chi connectivity index (χ3v) is 4.80. The Labute approximate surface area is 165 Å². The number of aromatic nitrogens is 1. The monoisotopic (exact) mass is 459 g/mol. The first-order chi connectivity index (χ1) is 13.0. The van der Waals surface area contributed by atoms with Gasteiger partial charge in [0.2, 0.25) is 0 Å². The summed E-state index contributed by atoms with van der Waals surface area (Å²) >= 11 is 3.13. The van der Waals surface area contributed by atoms with Gasteiger partial charge in [0.15, 0.2) is 0 Å². The number of benzene rings is 1. The van der Waals surface area contributed by atoms with E-state index in [2.05, 4.69) is 31.7 Å². The highest BCUT2D eigenvalue weighted by molar-refractivity contribution is 9.10. The highest BCUT2D eigenvalue weighted by Crippen LogP contribution is 2.33. The largest absolute Gasteiger partial charge is 0.417 e. The van der Waals surface area contributed by atoms with Crippen molar-refractivity contribution in [1.29, 1.82) is 0 Å². The van der Waals surface area contributed by atoms with Crippen LogP contribution in [0.15, 0.2) is 52.9 Å². The molecule has 0 saturated carbocycles. The Balaban J connectivity index is 1.78. The van der Waals surface area contributed by atoms with Crippen LogP contribution in [0.25, 0.3) is 0 Å². The summed E-state index contributed by atoms with van der Waals surface area (Å²) in [4.78, 5) is 16.3. The van der Waals surface area contributed by atoms with Gasteiger partial charge >= 0.3 is 6.18 Å². The quantitative estimate of drug-likeness (QED) is 0.611. The van der Waals surface area contributed by atoms with Crippen LogP contribution in [0.4, 0.5) is 29.1 Å². The van der Waals surface area contributed by atoms with E-state index in [1.54, 1.807) is 6.07 Å². The van der Waals surface area contributed by atoms with E-state index in [9.17, 15) is 22.4 Å². The molecule has 1 aromatic carbocycles. The van der Waals surface area contributed by atoms with Gasteiger partial charge in [-0.25, -0.2) is 14.8 Å². The molecule has 1 aliphatic rings. The van der Waals surface area contributed by atoms with E-state index in [1.807, 2.05) is 0 Å². The minimum absolute atomic E-state index is 0.0571. The summed E-state index contributed by atoms with van der Waals surface area (Å²) < 4.78 is 51.7. The molecular formula is C17H14BrF4N5O. The number of anilines is 2. The average molecular weight is 460 g/mol. The van der Waals surface area contributed by atoms with Gasteiger partial charge in [0, 0.05) is 6.20 Å². The third-order valence-electron chi connectivity index (χ3n) is 4.02. The normalized spacial score (nSPS) is 19.5. The number of halogens is 5. The third kappa shape index (κ3) is 3.80. The van der Waals surface area contributed by atoms with Crippen molar-refractivity contribution in [3.8, 4) is 0 Å². The van der Waals surface area contributed by atoms with Crippen LogP contribution in [0.1, 0.15) is 12.5 Å². The van der Waals surface area contributed by atoms with Crippen LogP contribution in [0, 0.1) is 5.82 Å². The van der Waals surface area contributed by atoms with Crippen LogP contribution in [0.5, 0.6) is 0 Å². The summed E-state index contributed by atoms with van der Waals surface area (Å²) in [7, 11) is 0. The number of nitrogens with one attached hydrogen (secondary N) is 2. The smallest absolute Gasteiger partial charge is 0.384 e. The maximum Gasteiger partial charge on any atom is 0.417 e. The van der Waals surface area contributed by atoms with Gasteiger partial charge in [-0.2, -0.15) is 13.2 Å². The molecule has 2 aromatic rings. The van der Waals surface area contributed by atoms with Crippen molar-refractivity contribution in [2.24, 2.45) is 5.73 Å². The van der Waals surface area contributed by atoms with E-state index in [1.165, 1.54) is 30.1 Å². The fourth-order valence-electron chi connectivity index (χ4n) is 2.55. The number of hydrogen-bond acceptors (Lipinski definition) is 5. The molecule has 0 aliphatic carbocycles. The van der Waals surface area contributed by atoms with Crippen LogP contribution in [-0.2, 0) is 11.0 Å². The van der Waals surface area contributed by atoms with Crippen LogP contribution >= 0.6 is 15.9 Å². The molecule has 1 aromatic heterocycles. The lowest BCUT2D eigenvalue weighted by Gasteiger charge is -2.27. The summed E-state index contributed by atoms with van der Waals surface area (Å²) in [6, 6.07) is 6.18. The molecule has 1 amide bonds. The van der Waals surface area contributed by atoms with Crippen LogP contribution in [-0.4, -0.2) is 16.4 Å². The van der Waals surface area contributed by atoms with E-state index in [4.69, 9.17) is 5.73 Å². The second kappa shape index (κ2) is 7.06. The van der Waals surface area contributed by atoms with Gasteiger partial charge in [-0.05, 0) is 53.2 Å². The maximum atomic E-state index is 13.8. The average Bonchev–Trinajstić information content (AvgIpc) is 2.93. The molecule has 1 unspecified atom stereocenters. The first kappa shape index (κ1) is 20.1. The summed E-state index contributed by atoms with van der Waals surface area (Å²) in [5.74, 6) is -1.04. The van der Waals surface area contributed by atoms with Crippen molar-refractivity contribution in [2.45, 2.75) is 18.6 Å². The molecule has 148 valence electrons. The summed E-state index contributed by atoms with van der Waals surface area (Å²) in [5.41, 5.74) is 6.89. The molecular weight excluding hydrogens is 446 g/mol. The van der Waals surface area contributed by atoms with E-state index >= 15 is 0 Å². The Morgan fingerprint density at radius 3 is 2.64 bits per heavy atom. The van der Waals surface area contributed by atoms with Gasteiger partial charge in [-0.1, -0.05) is 6.07 Å². The number of hydrazine groups is 1. The van der Waals surface area contributed by atoms with E-state index in [0.717, 1.165) is 12.1 Å². The van der Waals surface area contributed by atoms with Crippen molar-refractivity contribution < 1.29 is 22.4 Å². The Morgan fingerprint density at radius 1 is 1.32 bits per heavy atom. The standard InChI is InChI=1S/C17H14BrF4N5O/c1-16(15(28)25-13-6-5-9(8-24-13)17(20,21)22)7-12(23)27(26-16)11-4-2-3-10(19)14(11)18/h2-8,26H,23H2,1H3,(H,24,25,28). The Kier molecular flexibility index (Phi) is 5.06. The lowest BCUT2D eigenvalue weighted by Crippen LogP contribution is -2.53. The molecule has 28 heavy (non-hydrogen) atoms. The number of alkyl halides is 3. The van der Waals surface area contributed by atoms with Crippen LogP contribution in [0.2, 0.25) is 0 Å². The summed E-state index contributed by atoms with van der Waals surface area (Å²) in [6.45, 7) is 1.51. The molecule has 0 radical (unpaired) electrons. The fraction of sp³-hybridized carbons (Fsp3) is 0.176. The topological polar surface area (TPSA) is 83.3 Å². The SMILES string of the molecule is CC1(C(=O)Nc2ccc(C(F)(F)F)cn2)C=C(N)N(c2cccc(F)c2Br)N1. The zero-order valence-electron chi connectivity index (χ0n) is 14.3. The van der Waals surface area contributed by atoms with Gasteiger partial charge in [-0.3, -0.25) is 9.80 Å². The molecule has 0 saturated heterocycles. The number of rotatable bonds is 3. The number of nitrogens with zero attached hydrogens (tertiary/aromatic N) is 2. The highest BCUT2D eigenvalue weighted by Gasteiger charge is 2.40. The summed E-state index contributed by atoms with van der Waals surface area (Å²) in [6.07, 6.45) is -2.49. The molecule has 4 N–H and O–H groups in total. The van der Waals surface area contributed by atoms with Crippen LogP contribution in [0.3, 0.4) is 0 Å². The van der Waals surface area contributed by atoms with Crippen molar-refractivity contribution in [2.75, 3.05) is 10.3 Å². The van der Waals surface area contributed by atoms with E-state index in [0.29, 0.717) is 11.9 Å². The molecule has 0 fully saturated rings. The molecule has 0 bridgehead atoms.